The number of unbranched alkanes of at least 4 members (excludes halogenated alkanes) is 1. The number of nitrogens with one attached hydrogen (secondary N) is 1. The zero-order chi connectivity index (χ0) is 22.2. The summed E-state index contributed by atoms with van der Waals surface area (Å²) in [6.45, 7) is 6.18. The van der Waals surface area contributed by atoms with E-state index in [4.69, 9.17) is 4.42 Å². The number of allylic oxidation sites excluding steroid dienone is 1. The average molecular weight is 427 g/mol. The van der Waals surface area contributed by atoms with Gasteiger partial charge in [0, 0.05) is 29.8 Å². The molecule has 0 saturated heterocycles. The molecule has 2 heterocycles. The number of rotatable bonds is 10. The number of hydrogen-bond acceptors (Lipinski definition) is 5. The molecule has 0 aliphatic heterocycles. The summed E-state index contributed by atoms with van der Waals surface area (Å²) in [4.78, 5) is 4.64. The molecule has 0 spiro atoms. The number of fused-ring (bicyclic) bond motifs is 1. The van der Waals surface area contributed by atoms with E-state index in [0.717, 1.165) is 42.4 Å². The van der Waals surface area contributed by atoms with Gasteiger partial charge in [0.05, 0.1) is 5.52 Å². The van der Waals surface area contributed by atoms with Gasteiger partial charge in [-0.05, 0) is 48.2 Å². The molecule has 1 N–H and O–H groups in total. The number of hydrogen-bond donors (Lipinski definition) is 1. The van der Waals surface area contributed by atoms with E-state index < -0.39 is 0 Å². The molecule has 0 bridgehead atoms. The molecule has 5 nitrogen and oxygen atoms in total. The minimum absolute atomic E-state index is 0.517. The van der Waals surface area contributed by atoms with Crippen LogP contribution in [-0.4, -0.2) is 21.7 Å². The van der Waals surface area contributed by atoms with Crippen LogP contribution in [0.5, 0.6) is 0 Å². The lowest BCUT2D eigenvalue weighted by Crippen LogP contribution is -2.14. The van der Waals surface area contributed by atoms with Gasteiger partial charge < -0.3 is 9.73 Å². The molecule has 2 aromatic heterocycles. The number of nitrogens with zero attached hydrogens (tertiary/aromatic N) is 3. The fraction of sp³-hybridized carbons (Fsp3) is 0.296. The molecule has 5 heteroatoms. The monoisotopic (exact) mass is 426 g/mol. The maximum absolute atomic E-state index is 6.09. The normalized spacial score (nSPS) is 11.9. The second-order valence-electron chi connectivity index (χ2n) is 7.93. The lowest BCUT2D eigenvalue weighted by atomic mass is 10.0. The van der Waals surface area contributed by atoms with Crippen LogP contribution in [0.2, 0.25) is 0 Å². The highest BCUT2D eigenvalue weighted by Gasteiger charge is 2.14. The summed E-state index contributed by atoms with van der Waals surface area (Å²) in [5.41, 5.74) is 5.44. The van der Waals surface area contributed by atoms with Crippen molar-refractivity contribution in [3.8, 4) is 11.5 Å². The predicted molar refractivity (Wildman–Crippen MR) is 131 cm³/mol. The topological polar surface area (TPSA) is 63.8 Å². The Morgan fingerprint density at radius 3 is 2.66 bits per heavy atom. The lowest BCUT2D eigenvalue weighted by Gasteiger charge is -2.09. The van der Waals surface area contributed by atoms with Gasteiger partial charge in [-0.3, -0.25) is 4.98 Å². The van der Waals surface area contributed by atoms with Crippen LogP contribution in [0.15, 0.2) is 65.2 Å². The first-order valence-electron chi connectivity index (χ1n) is 11.5. The van der Waals surface area contributed by atoms with Crippen molar-refractivity contribution in [3.05, 3.63) is 77.8 Å². The molecule has 0 aliphatic rings. The van der Waals surface area contributed by atoms with Crippen LogP contribution >= 0.6 is 0 Å². The Morgan fingerprint density at radius 1 is 0.969 bits per heavy atom. The van der Waals surface area contributed by atoms with Gasteiger partial charge in [0.2, 0.25) is 11.8 Å². The van der Waals surface area contributed by atoms with Crippen LogP contribution in [0, 0.1) is 0 Å². The summed E-state index contributed by atoms with van der Waals surface area (Å²) in [7, 11) is 0. The van der Waals surface area contributed by atoms with Crippen molar-refractivity contribution in [3.63, 3.8) is 0 Å². The number of benzene rings is 2. The first-order chi connectivity index (χ1) is 15.8. The highest BCUT2D eigenvalue weighted by atomic mass is 16.4. The smallest absolute Gasteiger partial charge is 0.248 e. The van der Waals surface area contributed by atoms with Crippen LogP contribution in [0.1, 0.15) is 56.5 Å². The van der Waals surface area contributed by atoms with Crippen molar-refractivity contribution in [2.24, 2.45) is 0 Å². The van der Waals surface area contributed by atoms with Crippen molar-refractivity contribution in [2.45, 2.75) is 46.1 Å². The predicted octanol–water partition coefficient (Wildman–Crippen LogP) is 6.52. The Labute approximate surface area is 189 Å². The number of pyridine rings is 1. The minimum atomic E-state index is 0.517. The standard InChI is InChI=1S/C27H30N4O/c1-3-5-16-28-19-22-14-15-24(23-13-9-17-29-26(22)23)27-31-30-25(32-27)18-21(10-4-2)20-11-7-6-8-12-20/h6-9,11-15,17-18,28H,3-5,10,16,19H2,1-2H3/b21-18+. The molecule has 4 aromatic rings. The van der Waals surface area contributed by atoms with Crippen molar-refractivity contribution >= 4 is 22.6 Å². The van der Waals surface area contributed by atoms with Gasteiger partial charge >= 0.3 is 0 Å². The molecule has 0 saturated carbocycles. The van der Waals surface area contributed by atoms with Crippen LogP contribution in [0.3, 0.4) is 0 Å². The number of aromatic nitrogens is 3. The van der Waals surface area contributed by atoms with Gasteiger partial charge in [-0.2, -0.15) is 0 Å². The molecule has 0 radical (unpaired) electrons. The summed E-state index contributed by atoms with van der Waals surface area (Å²) in [6, 6.07) is 18.6. The molecule has 0 amide bonds. The SMILES string of the molecule is CCCCNCc1ccc(-c2nnc(/C=C(\CCC)c3ccccc3)o2)c2cccnc12. The van der Waals surface area contributed by atoms with Crippen molar-refractivity contribution in [1.29, 1.82) is 0 Å². The molecule has 4 rings (SSSR count). The van der Waals surface area contributed by atoms with Gasteiger partial charge in [0.1, 0.15) is 0 Å². The highest BCUT2D eigenvalue weighted by molar-refractivity contribution is 5.94. The van der Waals surface area contributed by atoms with E-state index in [1.165, 1.54) is 29.5 Å². The molecule has 32 heavy (non-hydrogen) atoms. The quantitative estimate of drug-likeness (QED) is 0.293. The molecule has 0 atom stereocenters. The van der Waals surface area contributed by atoms with E-state index in [2.05, 4.69) is 76.8 Å². The zero-order valence-corrected chi connectivity index (χ0v) is 18.8. The van der Waals surface area contributed by atoms with E-state index >= 15 is 0 Å². The minimum Gasteiger partial charge on any atom is -0.417 e. The maximum Gasteiger partial charge on any atom is 0.248 e. The molecule has 2 aromatic carbocycles. The van der Waals surface area contributed by atoms with Crippen molar-refractivity contribution in [2.75, 3.05) is 6.54 Å². The largest absolute Gasteiger partial charge is 0.417 e. The Morgan fingerprint density at radius 2 is 1.84 bits per heavy atom. The van der Waals surface area contributed by atoms with Crippen molar-refractivity contribution in [1.82, 2.24) is 20.5 Å². The van der Waals surface area contributed by atoms with Crippen LogP contribution in [-0.2, 0) is 6.54 Å². The Bertz CT molecular complexity index is 1180. The summed E-state index contributed by atoms with van der Waals surface area (Å²) < 4.78 is 6.09. The molecule has 0 fully saturated rings. The van der Waals surface area contributed by atoms with E-state index in [1.54, 1.807) is 0 Å². The average Bonchev–Trinajstić information content (AvgIpc) is 3.30. The summed E-state index contributed by atoms with van der Waals surface area (Å²) in [5.74, 6) is 1.04. The van der Waals surface area contributed by atoms with E-state index in [1.807, 2.05) is 24.4 Å². The van der Waals surface area contributed by atoms with E-state index in [9.17, 15) is 0 Å². The van der Waals surface area contributed by atoms with Crippen LogP contribution in [0.25, 0.3) is 34.0 Å². The third-order valence-corrected chi connectivity index (χ3v) is 5.51. The van der Waals surface area contributed by atoms with E-state index in [-0.39, 0.29) is 0 Å². The highest BCUT2D eigenvalue weighted by Crippen LogP contribution is 2.30. The zero-order valence-electron chi connectivity index (χ0n) is 18.8. The fourth-order valence-electron chi connectivity index (χ4n) is 3.86. The molecule has 0 unspecified atom stereocenters. The molecular weight excluding hydrogens is 396 g/mol. The van der Waals surface area contributed by atoms with Gasteiger partial charge in [-0.15, -0.1) is 10.2 Å². The molecule has 164 valence electrons. The fourth-order valence-corrected chi connectivity index (χ4v) is 3.86. The summed E-state index contributed by atoms with van der Waals surface area (Å²) >= 11 is 0. The third kappa shape index (κ3) is 5.11. The third-order valence-electron chi connectivity index (χ3n) is 5.51. The van der Waals surface area contributed by atoms with Crippen LogP contribution in [0.4, 0.5) is 0 Å². The van der Waals surface area contributed by atoms with E-state index in [0.29, 0.717) is 11.8 Å². The van der Waals surface area contributed by atoms with Gasteiger partial charge in [-0.25, -0.2) is 0 Å². The maximum atomic E-state index is 6.09. The Balaban J connectivity index is 1.64. The Kier molecular flexibility index (Phi) is 7.41. The second-order valence-corrected chi connectivity index (χ2v) is 7.93. The Hall–Kier alpha value is -3.31. The first-order valence-corrected chi connectivity index (χ1v) is 11.5. The molecule has 0 aliphatic carbocycles. The summed E-state index contributed by atoms with van der Waals surface area (Å²) in [6.07, 6.45) is 8.19. The molecular formula is C27H30N4O. The van der Waals surface area contributed by atoms with Crippen LogP contribution < -0.4 is 5.32 Å². The first kappa shape index (κ1) is 21.9. The second kappa shape index (κ2) is 10.8. The van der Waals surface area contributed by atoms with Gasteiger partial charge in [0.25, 0.3) is 0 Å². The lowest BCUT2D eigenvalue weighted by molar-refractivity contribution is 0.558. The summed E-state index contributed by atoms with van der Waals surface area (Å²) in [5, 5.41) is 13.2. The van der Waals surface area contributed by atoms with Crippen molar-refractivity contribution < 1.29 is 4.42 Å². The van der Waals surface area contributed by atoms with Gasteiger partial charge in [-0.1, -0.05) is 69.2 Å². The van der Waals surface area contributed by atoms with Gasteiger partial charge in [0.15, 0.2) is 0 Å².